The second kappa shape index (κ2) is 5.71. The van der Waals surface area contributed by atoms with E-state index in [9.17, 15) is 9.59 Å². The Kier molecular flexibility index (Phi) is 4.21. The van der Waals surface area contributed by atoms with Gasteiger partial charge in [-0.05, 0) is 36.8 Å². The summed E-state index contributed by atoms with van der Waals surface area (Å²) in [6.07, 6.45) is 1.59. The third-order valence-electron chi connectivity index (χ3n) is 3.29. The van der Waals surface area contributed by atoms with Crippen LogP contribution in [0.15, 0.2) is 6.07 Å². The van der Waals surface area contributed by atoms with Crippen LogP contribution in [0.4, 0.5) is 0 Å². The standard InChI is InChI=1S/C13H17NO4S/c1-7-2-3-10-8(4-7)5-11(19-10)12(16)14-6-9(15)13(17)18/h5,7,9,15H,2-4,6H2,1H3,(H,14,16)(H,17,18)/t7?,9-/m0/s1. The number of carbonyl (C=O) groups is 2. The van der Waals surface area contributed by atoms with Gasteiger partial charge in [-0.1, -0.05) is 6.92 Å². The fourth-order valence-electron chi connectivity index (χ4n) is 2.18. The average molecular weight is 283 g/mol. The van der Waals surface area contributed by atoms with Gasteiger partial charge in [-0.3, -0.25) is 4.79 Å². The van der Waals surface area contributed by atoms with Crippen LogP contribution in [0.1, 0.15) is 33.5 Å². The highest BCUT2D eigenvalue weighted by molar-refractivity contribution is 7.14. The van der Waals surface area contributed by atoms with Crippen molar-refractivity contribution in [3.8, 4) is 0 Å². The summed E-state index contributed by atoms with van der Waals surface area (Å²) >= 11 is 1.46. The first-order chi connectivity index (χ1) is 8.97. The third-order valence-corrected chi connectivity index (χ3v) is 4.53. The Morgan fingerprint density at radius 3 is 3.00 bits per heavy atom. The summed E-state index contributed by atoms with van der Waals surface area (Å²) in [7, 11) is 0. The molecule has 5 nitrogen and oxygen atoms in total. The topological polar surface area (TPSA) is 86.6 Å². The smallest absolute Gasteiger partial charge is 0.334 e. The zero-order valence-electron chi connectivity index (χ0n) is 10.7. The van der Waals surface area contributed by atoms with Gasteiger partial charge in [0, 0.05) is 4.88 Å². The molecular weight excluding hydrogens is 266 g/mol. The van der Waals surface area contributed by atoms with Crippen LogP contribution in [0, 0.1) is 5.92 Å². The number of carbonyl (C=O) groups excluding carboxylic acids is 1. The van der Waals surface area contributed by atoms with Crippen molar-refractivity contribution in [2.45, 2.75) is 32.3 Å². The minimum Gasteiger partial charge on any atom is -0.479 e. The fourth-order valence-corrected chi connectivity index (χ4v) is 3.31. The molecule has 0 aliphatic heterocycles. The summed E-state index contributed by atoms with van der Waals surface area (Å²) in [5.74, 6) is -1.00. The Hall–Kier alpha value is -1.40. The Morgan fingerprint density at radius 1 is 1.58 bits per heavy atom. The molecule has 0 saturated carbocycles. The zero-order valence-corrected chi connectivity index (χ0v) is 11.5. The van der Waals surface area contributed by atoms with Gasteiger partial charge in [0.25, 0.3) is 5.91 Å². The summed E-state index contributed by atoms with van der Waals surface area (Å²) in [4.78, 5) is 24.2. The highest BCUT2D eigenvalue weighted by Gasteiger charge is 2.21. The van der Waals surface area contributed by atoms with Crippen LogP contribution in [0.3, 0.4) is 0 Å². The minimum atomic E-state index is -1.56. The number of hydrogen-bond acceptors (Lipinski definition) is 4. The molecule has 2 rings (SSSR count). The predicted octanol–water partition coefficient (Wildman–Crippen LogP) is 1.05. The molecule has 0 aromatic carbocycles. The summed E-state index contributed by atoms with van der Waals surface area (Å²) < 4.78 is 0. The van der Waals surface area contributed by atoms with Crippen molar-refractivity contribution in [3.63, 3.8) is 0 Å². The third kappa shape index (κ3) is 3.33. The largest absolute Gasteiger partial charge is 0.479 e. The number of thiophene rings is 1. The average Bonchev–Trinajstić information content (AvgIpc) is 2.78. The van der Waals surface area contributed by atoms with E-state index >= 15 is 0 Å². The molecule has 1 aromatic rings. The molecule has 6 heteroatoms. The van der Waals surface area contributed by atoms with Crippen molar-refractivity contribution < 1.29 is 19.8 Å². The number of aliphatic hydroxyl groups excluding tert-OH is 1. The molecule has 1 aliphatic carbocycles. The zero-order chi connectivity index (χ0) is 14.0. The molecule has 0 fully saturated rings. The summed E-state index contributed by atoms with van der Waals surface area (Å²) in [6, 6.07) is 1.89. The van der Waals surface area contributed by atoms with Gasteiger partial charge < -0.3 is 15.5 Å². The first-order valence-electron chi connectivity index (χ1n) is 6.28. The number of carboxylic acids is 1. The highest BCUT2D eigenvalue weighted by Crippen LogP contribution is 2.32. The molecule has 1 heterocycles. The van der Waals surface area contributed by atoms with Gasteiger partial charge in [0.1, 0.15) is 0 Å². The van der Waals surface area contributed by atoms with Gasteiger partial charge in [0.05, 0.1) is 11.4 Å². The van der Waals surface area contributed by atoms with Crippen LogP contribution in [0.2, 0.25) is 0 Å². The minimum absolute atomic E-state index is 0.271. The van der Waals surface area contributed by atoms with E-state index in [2.05, 4.69) is 12.2 Å². The van der Waals surface area contributed by atoms with Gasteiger partial charge in [-0.2, -0.15) is 0 Å². The van der Waals surface area contributed by atoms with Crippen molar-refractivity contribution in [1.29, 1.82) is 0 Å². The van der Waals surface area contributed by atoms with Crippen LogP contribution < -0.4 is 5.32 Å². The summed E-state index contributed by atoms with van der Waals surface area (Å²) in [5.41, 5.74) is 1.23. The number of rotatable bonds is 4. The molecule has 104 valence electrons. The number of carboxylic acid groups (broad SMARTS) is 1. The maximum Gasteiger partial charge on any atom is 0.334 e. The highest BCUT2D eigenvalue weighted by atomic mass is 32.1. The van der Waals surface area contributed by atoms with Crippen LogP contribution in [0.25, 0.3) is 0 Å². The van der Waals surface area contributed by atoms with Crippen LogP contribution >= 0.6 is 11.3 Å². The fraction of sp³-hybridized carbons (Fsp3) is 0.538. The first kappa shape index (κ1) is 14.0. The molecular formula is C13H17NO4S. The molecule has 1 unspecified atom stereocenters. The normalized spacial score (nSPS) is 19.6. The summed E-state index contributed by atoms with van der Waals surface area (Å²) in [6.45, 7) is 1.93. The molecule has 0 bridgehead atoms. The molecule has 1 aliphatic rings. The van der Waals surface area contributed by atoms with E-state index in [-0.39, 0.29) is 12.5 Å². The lowest BCUT2D eigenvalue weighted by Gasteiger charge is -2.16. The number of fused-ring (bicyclic) bond motifs is 1. The van der Waals surface area contributed by atoms with E-state index in [1.165, 1.54) is 21.8 Å². The van der Waals surface area contributed by atoms with Gasteiger partial charge in [-0.15, -0.1) is 11.3 Å². The monoisotopic (exact) mass is 283 g/mol. The van der Waals surface area contributed by atoms with Gasteiger partial charge >= 0.3 is 5.97 Å². The van der Waals surface area contributed by atoms with E-state index < -0.39 is 12.1 Å². The maximum absolute atomic E-state index is 11.9. The Morgan fingerprint density at radius 2 is 2.32 bits per heavy atom. The molecule has 3 N–H and O–H groups in total. The van der Waals surface area contributed by atoms with Gasteiger partial charge in [0.15, 0.2) is 6.10 Å². The molecule has 19 heavy (non-hydrogen) atoms. The van der Waals surface area contributed by atoms with E-state index in [0.29, 0.717) is 10.8 Å². The van der Waals surface area contributed by atoms with Crippen LogP contribution in [-0.4, -0.2) is 34.7 Å². The molecule has 0 saturated heterocycles. The number of hydrogen-bond donors (Lipinski definition) is 3. The van der Waals surface area contributed by atoms with E-state index in [1.807, 2.05) is 6.07 Å². The van der Waals surface area contributed by atoms with Crippen molar-refractivity contribution in [2.75, 3.05) is 6.54 Å². The SMILES string of the molecule is CC1CCc2sc(C(=O)NC[C@H](O)C(=O)O)cc2C1. The lowest BCUT2D eigenvalue weighted by Crippen LogP contribution is -2.36. The number of nitrogens with one attached hydrogen (secondary N) is 1. The van der Waals surface area contributed by atoms with E-state index in [0.717, 1.165) is 19.3 Å². The van der Waals surface area contributed by atoms with E-state index in [4.69, 9.17) is 10.2 Å². The van der Waals surface area contributed by atoms with Crippen molar-refractivity contribution in [1.82, 2.24) is 5.32 Å². The van der Waals surface area contributed by atoms with Gasteiger partial charge in [-0.25, -0.2) is 4.79 Å². The molecule has 2 atom stereocenters. The Balaban J connectivity index is 1.98. The summed E-state index contributed by atoms with van der Waals surface area (Å²) in [5, 5.41) is 20.1. The number of amides is 1. The molecule has 0 spiro atoms. The second-order valence-electron chi connectivity index (χ2n) is 4.97. The molecule has 1 aromatic heterocycles. The predicted molar refractivity (Wildman–Crippen MR) is 71.5 cm³/mol. The quantitative estimate of drug-likeness (QED) is 0.771. The van der Waals surface area contributed by atoms with Gasteiger partial charge in [0.2, 0.25) is 0 Å². The lowest BCUT2D eigenvalue weighted by atomic mass is 9.90. The Bertz CT molecular complexity index is 497. The molecule has 1 amide bonds. The maximum atomic E-state index is 11.9. The first-order valence-corrected chi connectivity index (χ1v) is 7.09. The molecule has 0 radical (unpaired) electrons. The number of aliphatic hydroxyl groups is 1. The second-order valence-corrected chi connectivity index (χ2v) is 6.11. The van der Waals surface area contributed by atoms with Crippen LogP contribution in [-0.2, 0) is 17.6 Å². The van der Waals surface area contributed by atoms with Crippen molar-refractivity contribution in [3.05, 3.63) is 21.4 Å². The Labute approximate surface area is 115 Å². The van der Waals surface area contributed by atoms with E-state index in [1.54, 1.807) is 0 Å². The number of aryl methyl sites for hydroxylation is 1. The van der Waals surface area contributed by atoms with Crippen molar-refractivity contribution in [2.24, 2.45) is 5.92 Å². The number of aliphatic carboxylic acids is 1. The van der Waals surface area contributed by atoms with Crippen molar-refractivity contribution >= 4 is 23.2 Å². The van der Waals surface area contributed by atoms with Crippen LogP contribution in [0.5, 0.6) is 0 Å². The lowest BCUT2D eigenvalue weighted by molar-refractivity contribution is -0.146.